The Hall–Kier alpha value is -1.66. The first kappa shape index (κ1) is 19.6. The molecule has 1 unspecified atom stereocenters. The van der Waals surface area contributed by atoms with Crippen LogP contribution in [0.2, 0.25) is 0 Å². The van der Waals surface area contributed by atoms with E-state index in [1.807, 2.05) is 0 Å². The molecule has 2 saturated heterocycles. The largest absolute Gasteiger partial charge is 0.614 e. The first-order valence-corrected chi connectivity index (χ1v) is 11.4. The quantitative estimate of drug-likeness (QED) is 0.146. The van der Waals surface area contributed by atoms with E-state index in [1.165, 1.54) is 17.0 Å². The SMILES string of the molecule is CC1(C)[C@H](C(=O)OCCI)N2C(=O)[C@@H](N3C(=O)c4ccccc4C3=O)[C@H]2[S+]1[O-]. The second kappa shape index (κ2) is 6.70. The maximum Gasteiger partial charge on any atom is 0.334 e. The summed E-state index contributed by atoms with van der Waals surface area (Å²) in [4.78, 5) is 53.1. The van der Waals surface area contributed by atoms with E-state index in [9.17, 15) is 23.7 Å². The van der Waals surface area contributed by atoms with Gasteiger partial charge in [0, 0.05) is 4.43 Å². The van der Waals surface area contributed by atoms with Gasteiger partial charge in [-0.05, 0) is 37.2 Å². The molecule has 10 heteroatoms. The van der Waals surface area contributed by atoms with Gasteiger partial charge in [0.1, 0.15) is 6.61 Å². The molecule has 2 fully saturated rings. The number of nitrogens with zero attached hydrogens (tertiary/aromatic N) is 2. The number of rotatable bonds is 4. The Bertz CT molecular complexity index is 871. The first-order chi connectivity index (χ1) is 13.2. The van der Waals surface area contributed by atoms with Crippen LogP contribution in [-0.2, 0) is 25.5 Å². The van der Waals surface area contributed by atoms with Gasteiger partial charge in [0.05, 0.1) is 11.1 Å². The lowest BCUT2D eigenvalue weighted by Gasteiger charge is -2.44. The van der Waals surface area contributed by atoms with Gasteiger partial charge in [-0.3, -0.25) is 24.2 Å². The summed E-state index contributed by atoms with van der Waals surface area (Å²) in [6.07, 6.45) is 0. The second-order valence-electron chi connectivity index (χ2n) is 7.27. The van der Waals surface area contributed by atoms with Crippen LogP contribution in [0.15, 0.2) is 24.3 Å². The number of alkyl halides is 1. The van der Waals surface area contributed by atoms with Crippen molar-refractivity contribution < 1.29 is 28.5 Å². The van der Waals surface area contributed by atoms with Crippen LogP contribution in [0.4, 0.5) is 0 Å². The molecular weight excluding hydrogens is 499 g/mol. The van der Waals surface area contributed by atoms with Crippen LogP contribution >= 0.6 is 22.6 Å². The van der Waals surface area contributed by atoms with Crippen LogP contribution in [0.25, 0.3) is 0 Å². The van der Waals surface area contributed by atoms with Crippen LogP contribution in [0.3, 0.4) is 0 Å². The number of hydrogen-bond donors (Lipinski definition) is 0. The van der Waals surface area contributed by atoms with E-state index in [1.54, 1.807) is 26.0 Å². The maximum atomic E-state index is 13.1. The van der Waals surface area contributed by atoms with Crippen molar-refractivity contribution in [2.45, 2.75) is 36.1 Å². The van der Waals surface area contributed by atoms with Crippen LogP contribution in [0, 0.1) is 0 Å². The average molecular weight is 516 g/mol. The van der Waals surface area contributed by atoms with Gasteiger partial charge >= 0.3 is 5.97 Å². The molecule has 0 spiro atoms. The Labute approximate surface area is 177 Å². The summed E-state index contributed by atoms with van der Waals surface area (Å²) in [5.41, 5.74) is 0.444. The Balaban J connectivity index is 1.66. The number of amides is 3. The maximum absolute atomic E-state index is 13.1. The first-order valence-electron chi connectivity index (χ1n) is 8.66. The van der Waals surface area contributed by atoms with E-state index in [-0.39, 0.29) is 17.7 Å². The van der Waals surface area contributed by atoms with Gasteiger partial charge in [0.15, 0.2) is 16.8 Å². The molecule has 3 aliphatic heterocycles. The Morgan fingerprint density at radius 3 is 2.32 bits per heavy atom. The molecule has 3 aliphatic rings. The lowest BCUT2D eigenvalue weighted by atomic mass is 9.95. The predicted octanol–water partition coefficient (Wildman–Crippen LogP) is 0.707. The third-order valence-corrected chi connectivity index (χ3v) is 8.00. The van der Waals surface area contributed by atoms with Gasteiger partial charge in [0.25, 0.3) is 17.7 Å². The molecule has 148 valence electrons. The summed E-state index contributed by atoms with van der Waals surface area (Å²) in [6, 6.07) is 4.14. The van der Waals surface area contributed by atoms with Crippen molar-refractivity contribution >= 4 is 57.5 Å². The third-order valence-electron chi connectivity index (χ3n) is 5.37. The minimum atomic E-state index is -1.66. The Morgan fingerprint density at radius 2 is 1.79 bits per heavy atom. The van der Waals surface area contributed by atoms with Crippen molar-refractivity contribution in [3.63, 3.8) is 0 Å². The lowest BCUT2D eigenvalue weighted by Crippen LogP contribution is -2.72. The normalized spacial score (nSPS) is 30.2. The number of hydrogen-bond acceptors (Lipinski definition) is 6. The number of halogens is 1. The van der Waals surface area contributed by atoms with Crippen LogP contribution in [0.5, 0.6) is 0 Å². The summed E-state index contributed by atoms with van der Waals surface area (Å²) in [5.74, 6) is -2.34. The molecule has 3 heterocycles. The molecule has 1 aromatic rings. The zero-order valence-electron chi connectivity index (χ0n) is 15.1. The molecule has 0 N–H and O–H groups in total. The van der Waals surface area contributed by atoms with Crippen molar-refractivity contribution in [3.8, 4) is 0 Å². The summed E-state index contributed by atoms with van der Waals surface area (Å²) in [6.45, 7) is 3.45. The Morgan fingerprint density at radius 1 is 1.21 bits per heavy atom. The third kappa shape index (κ3) is 2.47. The highest BCUT2D eigenvalue weighted by molar-refractivity contribution is 14.1. The number of fused-ring (bicyclic) bond motifs is 2. The monoisotopic (exact) mass is 516 g/mol. The fourth-order valence-electron chi connectivity index (χ4n) is 4.03. The van der Waals surface area contributed by atoms with E-state index in [4.69, 9.17) is 4.74 Å². The molecular formula is C18H17IN2O6S. The van der Waals surface area contributed by atoms with E-state index < -0.39 is 57.1 Å². The van der Waals surface area contributed by atoms with Crippen LogP contribution < -0.4 is 0 Å². The topological polar surface area (TPSA) is 107 Å². The minimum Gasteiger partial charge on any atom is -0.614 e. The van der Waals surface area contributed by atoms with E-state index >= 15 is 0 Å². The van der Waals surface area contributed by atoms with Crippen molar-refractivity contribution in [1.29, 1.82) is 0 Å². The molecule has 1 aromatic carbocycles. The summed E-state index contributed by atoms with van der Waals surface area (Å²) < 4.78 is 17.9. The van der Waals surface area contributed by atoms with Gasteiger partial charge in [0.2, 0.25) is 5.37 Å². The van der Waals surface area contributed by atoms with Gasteiger partial charge in [-0.2, -0.15) is 0 Å². The highest BCUT2D eigenvalue weighted by atomic mass is 127. The van der Waals surface area contributed by atoms with Crippen molar-refractivity contribution in [2.75, 3.05) is 11.0 Å². The van der Waals surface area contributed by atoms with Crippen LogP contribution in [-0.4, -0.2) is 71.3 Å². The van der Waals surface area contributed by atoms with Gasteiger partial charge in [-0.25, -0.2) is 4.79 Å². The number of carbonyl (C=O) groups is 4. The smallest absolute Gasteiger partial charge is 0.334 e. The highest BCUT2D eigenvalue weighted by Crippen LogP contribution is 2.48. The number of β-lactam (4-membered cyclic amide) rings is 1. The number of ether oxygens (including phenoxy) is 1. The molecule has 28 heavy (non-hydrogen) atoms. The highest BCUT2D eigenvalue weighted by Gasteiger charge is 2.75. The van der Waals surface area contributed by atoms with E-state index in [0.717, 1.165) is 4.90 Å². The number of imide groups is 1. The zero-order valence-corrected chi connectivity index (χ0v) is 18.1. The lowest BCUT2D eigenvalue weighted by molar-refractivity contribution is -0.165. The number of benzene rings is 1. The van der Waals surface area contributed by atoms with E-state index in [0.29, 0.717) is 4.43 Å². The molecule has 0 bridgehead atoms. The van der Waals surface area contributed by atoms with Crippen molar-refractivity contribution in [1.82, 2.24) is 9.80 Å². The van der Waals surface area contributed by atoms with E-state index in [2.05, 4.69) is 22.6 Å². The fraction of sp³-hybridized carbons (Fsp3) is 0.444. The number of esters is 1. The summed E-state index contributed by atoms with van der Waals surface area (Å²) in [5, 5.41) is -0.915. The average Bonchev–Trinajstić information content (AvgIpc) is 3.02. The van der Waals surface area contributed by atoms with Gasteiger partial charge in [-0.15, -0.1) is 0 Å². The van der Waals surface area contributed by atoms with Crippen molar-refractivity contribution in [2.24, 2.45) is 0 Å². The molecule has 8 nitrogen and oxygen atoms in total. The zero-order chi connectivity index (χ0) is 20.4. The van der Waals surface area contributed by atoms with Crippen molar-refractivity contribution in [3.05, 3.63) is 35.4 Å². The van der Waals surface area contributed by atoms with Crippen LogP contribution in [0.1, 0.15) is 34.6 Å². The van der Waals surface area contributed by atoms with Gasteiger partial charge in [-0.1, -0.05) is 34.7 Å². The minimum absolute atomic E-state index is 0.188. The fourth-order valence-corrected chi connectivity index (χ4v) is 6.21. The molecule has 0 radical (unpaired) electrons. The molecule has 0 saturated carbocycles. The molecule has 4 atom stereocenters. The Kier molecular flexibility index (Phi) is 4.70. The summed E-state index contributed by atoms with van der Waals surface area (Å²) in [7, 11) is 0. The number of carbonyl (C=O) groups excluding carboxylic acids is 4. The molecule has 3 amide bonds. The molecule has 4 rings (SSSR count). The molecule has 0 aliphatic carbocycles. The van der Waals surface area contributed by atoms with Gasteiger partial charge < -0.3 is 9.29 Å². The summed E-state index contributed by atoms with van der Waals surface area (Å²) >= 11 is 0.395. The standard InChI is InChI=1S/C18H17IN2O6S/c1-18(2)12(17(25)27-8-7-19)21-15(24)11(16(21)28(18)26)20-13(22)9-5-3-4-6-10(9)14(20)23/h3-6,11-12,16H,7-8H2,1-2H3/t11-,12+,16-,28?/m1/s1. The molecule has 0 aromatic heterocycles. The second-order valence-corrected chi connectivity index (χ2v) is 10.5. The predicted molar refractivity (Wildman–Crippen MR) is 107 cm³/mol.